The summed E-state index contributed by atoms with van der Waals surface area (Å²) in [5.41, 5.74) is 5.61. The van der Waals surface area contributed by atoms with Gasteiger partial charge in [0, 0.05) is 17.0 Å². The van der Waals surface area contributed by atoms with Crippen LogP contribution in [0.1, 0.15) is 25.0 Å². The molecular formula is C11H13BrN2O2. The fraction of sp³-hybridized carbons (Fsp3) is 0.273. The molecule has 16 heavy (non-hydrogen) atoms. The molecular weight excluding hydrogens is 272 g/mol. The average molecular weight is 285 g/mol. The Kier molecular flexibility index (Phi) is 4.98. The molecule has 1 amide bonds. The van der Waals surface area contributed by atoms with E-state index in [2.05, 4.69) is 20.9 Å². The third-order valence-electron chi connectivity index (χ3n) is 1.98. The first-order chi connectivity index (χ1) is 7.59. The van der Waals surface area contributed by atoms with E-state index in [0.717, 1.165) is 16.6 Å². The number of primary amides is 1. The molecule has 1 rings (SSSR count). The number of rotatable bonds is 5. The second-order valence-corrected chi connectivity index (χ2v) is 4.19. The molecule has 0 aliphatic heterocycles. The SMILES string of the molecule is NC(=O)CCC/C=C(\Br)c1cccc(=O)[nH]1. The number of aromatic nitrogens is 1. The Hall–Kier alpha value is -1.36. The van der Waals surface area contributed by atoms with Gasteiger partial charge in [-0.15, -0.1) is 0 Å². The second kappa shape index (κ2) is 6.27. The number of hydrogen-bond acceptors (Lipinski definition) is 2. The van der Waals surface area contributed by atoms with Gasteiger partial charge in [-0.1, -0.05) is 12.1 Å². The largest absolute Gasteiger partial charge is 0.370 e. The topological polar surface area (TPSA) is 76.0 Å². The van der Waals surface area contributed by atoms with Crippen LogP contribution in [0.3, 0.4) is 0 Å². The third-order valence-corrected chi connectivity index (χ3v) is 2.73. The summed E-state index contributed by atoms with van der Waals surface area (Å²) in [5, 5.41) is 0. The number of unbranched alkanes of at least 4 members (excludes halogenated alkanes) is 1. The minimum atomic E-state index is -0.294. The zero-order chi connectivity index (χ0) is 12.0. The molecule has 0 aliphatic rings. The Bertz CT molecular complexity index is 451. The van der Waals surface area contributed by atoms with Crippen LogP contribution in [-0.4, -0.2) is 10.9 Å². The molecule has 4 nitrogen and oxygen atoms in total. The Balaban J connectivity index is 2.57. The van der Waals surface area contributed by atoms with Crippen molar-refractivity contribution in [3.8, 4) is 0 Å². The van der Waals surface area contributed by atoms with Crippen molar-refractivity contribution in [2.45, 2.75) is 19.3 Å². The minimum Gasteiger partial charge on any atom is -0.370 e. The van der Waals surface area contributed by atoms with Crippen molar-refractivity contribution in [2.24, 2.45) is 5.73 Å². The lowest BCUT2D eigenvalue weighted by molar-refractivity contribution is -0.118. The number of carbonyl (C=O) groups excluding carboxylic acids is 1. The van der Waals surface area contributed by atoms with Crippen LogP contribution in [0.15, 0.2) is 29.1 Å². The summed E-state index contributed by atoms with van der Waals surface area (Å²) in [6, 6.07) is 4.94. The van der Waals surface area contributed by atoms with E-state index in [1.807, 2.05) is 6.08 Å². The van der Waals surface area contributed by atoms with Crippen LogP contribution < -0.4 is 11.3 Å². The van der Waals surface area contributed by atoms with Crippen LogP contribution in [0.25, 0.3) is 4.48 Å². The fourth-order valence-electron chi connectivity index (χ4n) is 1.20. The van der Waals surface area contributed by atoms with E-state index in [1.165, 1.54) is 6.07 Å². The lowest BCUT2D eigenvalue weighted by atomic mass is 10.2. The van der Waals surface area contributed by atoms with Crippen molar-refractivity contribution in [3.05, 3.63) is 40.3 Å². The minimum absolute atomic E-state index is 0.139. The maximum Gasteiger partial charge on any atom is 0.248 e. The Morgan fingerprint density at radius 1 is 1.50 bits per heavy atom. The van der Waals surface area contributed by atoms with Gasteiger partial charge < -0.3 is 10.7 Å². The molecule has 0 bridgehead atoms. The normalized spacial score (nSPS) is 11.4. The standard InChI is InChI=1S/C11H13BrN2O2/c12-8(4-1-2-6-10(13)15)9-5-3-7-11(16)14-9/h3-5,7H,1-2,6H2,(H2,13,15)(H,14,16)/b8-4-. The molecule has 1 aromatic heterocycles. The van der Waals surface area contributed by atoms with Crippen molar-refractivity contribution < 1.29 is 4.79 Å². The lowest BCUT2D eigenvalue weighted by Crippen LogP contribution is -2.09. The monoisotopic (exact) mass is 284 g/mol. The highest BCUT2D eigenvalue weighted by atomic mass is 79.9. The van der Waals surface area contributed by atoms with Gasteiger partial charge >= 0.3 is 0 Å². The smallest absolute Gasteiger partial charge is 0.248 e. The highest BCUT2D eigenvalue weighted by Crippen LogP contribution is 2.18. The van der Waals surface area contributed by atoms with E-state index in [9.17, 15) is 9.59 Å². The number of allylic oxidation sites excluding steroid dienone is 1. The number of aromatic amines is 1. The van der Waals surface area contributed by atoms with Crippen LogP contribution in [0.5, 0.6) is 0 Å². The molecule has 0 unspecified atom stereocenters. The van der Waals surface area contributed by atoms with Crippen LogP contribution in [0, 0.1) is 0 Å². The molecule has 0 spiro atoms. The summed E-state index contributed by atoms with van der Waals surface area (Å²) in [6.07, 6.45) is 3.73. The summed E-state index contributed by atoms with van der Waals surface area (Å²) in [5.74, 6) is -0.294. The predicted octanol–water partition coefficient (Wildman–Crippen LogP) is 1.77. The molecule has 0 aromatic carbocycles. The van der Waals surface area contributed by atoms with Gasteiger partial charge in [-0.05, 0) is 34.8 Å². The number of nitrogens with one attached hydrogen (secondary N) is 1. The number of H-pyrrole nitrogens is 1. The van der Waals surface area contributed by atoms with Crippen molar-refractivity contribution in [1.82, 2.24) is 4.98 Å². The highest BCUT2D eigenvalue weighted by Gasteiger charge is 1.98. The van der Waals surface area contributed by atoms with E-state index >= 15 is 0 Å². The predicted molar refractivity (Wildman–Crippen MR) is 67.0 cm³/mol. The Morgan fingerprint density at radius 3 is 2.88 bits per heavy atom. The summed E-state index contributed by atoms with van der Waals surface area (Å²) >= 11 is 3.36. The summed E-state index contributed by atoms with van der Waals surface area (Å²) < 4.78 is 0.815. The second-order valence-electron chi connectivity index (χ2n) is 3.34. The first-order valence-electron chi connectivity index (χ1n) is 4.93. The van der Waals surface area contributed by atoms with Crippen molar-refractivity contribution in [2.75, 3.05) is 0 Å². The van der Waals surface area contributed by atoms with E-state index in [1.54, 1.807) is 12.1 Å². The van der Waals surface area contributed by atoms with E-state index in [0.29, 0.717) is 12.8 Å². The zero-order valence-electron chi connectivity index (χ0n) is 8.70. The van der Waals surface area contributed by atoms with Crippen molar-refractivity contribution in [1.29, 1.82) is 0 Å². The molecule has 5 heteroatoms. The van der Waals surface area contributed by atoms with Gasteiger partial charge in [-0.25, -0.2) is 0 Å². The van der Waals surface area contributed by atoms with Crippen molar-refractivity contribution in [3.63, 3.8) is 0 Å². The molecule has 3 N–H and O–H groups in total. The summed E-state index contributed by atoms with van der Waals surface area (Å²) in [4.78, 5) is 24.2. The van der Waals surface area contributed by atoms with Gasteiger partial charge in [-0.3, -0.25) is 9.59 Å². The van der Waals surface area contributed by atoms with Gasteiger partial charge in [-0.2, -0.15) is 0 Å². The number of halogens is 1. The Morgan fingerprint density at radius 2 is 2.25 bits per heavy atom. The number of hydrogen-bond donors (Lipinski definition) is 2. The quantitative estimate of drug-likeness (QED) is 0.809. The third kappa shape index (κ3) is 4.44. The Labute approximate surface area is 102 Å². The van der Waals surface area contributed by atoms with E-state index in [4.69, 9.17) is 5.73 Å². The molecule has 0 saturated carbocycles. The molecule has 0 atom stereocenters. The zero-order valence-corrected chi connectivity index (χ0v) is 10.3. The molecule has 1 aromatic rings. The first-order valence-corrected chi connectivity index (χ1v) is 5.72. The van der Waals surface area contributed by atoms with Crippen molar-refractivity contribution >= 4 is 26.3 Å². The number of amides is 1. The summed E-state index contributed by atoms with van der Waals surface area (Å²) in [7, 11) is 0. The maximum atomic E-state index is 11.0. The van der Waals surface area contributed by atoms with Crippen LogP contribution in [0.2, 0.25) is 0 Å². The molecule has 0 fully saturated rings. The average Bonchev–Trinajstić information content (AvgIpc) is 2.24. The molecule has 0 saturated heterocycles. The first kappa shape index (κ1) is 12.7. The molecule has 86 valence electrons. The van der Waals surface area contributed by atoms with Gasteiger partial charge in [0.1, 0.15) is 0 Å². The van der Waals surface area contributed by atoms with Gasteiger partial charge in [0.05, 0.1) is 5.69 Å². The van der Waals surface area contributed by atoms with Gasteiger partial charge in [0.2, 0.25) is 11.5 Å². The number of nitrogens with two attached hydrogens (primary N) is 1. The number of carbonyl (C=O) groups is 1. The van der Waals surface area contributed by atoms with E-state index in [-0.39, 0.29) is 11.5 Å². The molecule has 0 aliphatic carbocycles. The maximum absolute atomic E-state index is 11.0. The molecule has 0 radical (unpaired) electrons. The van der Waals surface area contributed by atoms with Crippen LogP contribution in [-0.2, 0) is 4.79 Å². The lowest BCUT2D eigenvalue weighted by Gasteiger charge is -1.99. The molecule has 1 heterocycles. The van der Waals surface area contributed by atoms with Crippen LogP contribution >= 0.6 is 15.9 Å². The fourth-order valence-corrected chi connectivity index (χ4v) is 1.66. The van der Waals surface area contributed by atoms with Crippen LogP contribution in [0.4, 0.5) is 0 Å². The van der Waals surface area contributed by atoms with E-state index < -0.39 is 0 Å². The van der Waals surface area contributed by atoms with Gasteiger partial charge in [0.15, 0.2) is 0 Å². The van der Waals surface area contributed by atoms with Gasteiger partial charge in [0.25, 0.3) is 0 Å². The highest BCUT2D eigenvalue weighted by molar-refractivity contribution is 9.15. The summed E-state index contributed by atoms with van der Waals surface area (Å²) in [6.45, 7) is 0. The number of pyridine rings is 1.